The number of imidazole rings is 1. The molecule has 0 atom stereocenters. The molecule has 0 aliphatic rings. The van der Waals surface area contributed by atoms with Crippen LogP contribution >= 0.6 is 23.2 Å². The fraction of sp³-hybridized carbons (Fsp3) is 0.429. The molecule has 0 bridgehead atoms. The first-order valence-corrected chi connectivity index (χ1v) is 17.2. The first-order chi connectivity index (χ1) is 25.0. The number of nitrogens with zero attached hydrogens (tertiary/aromatic N) is 3. The minimum absolute atomic E-state index is 0.0848. The van der Waals surface area contributed by atoms with Crippen molar-refractivity contribution in [2.24, 2.45) is 4.99 Å². The van der Waals surface area contributed by atoms with E-state index in [0.29, 0.717) is 11.1 Å². The van der Waals surface area contributed by atoms with Crippen LogP contribution in [0.15, 0.2) is 53.8 Å². The normalized spacial score (nSPS) is 11.7. The molecule has 3 aromatic rings. The van der Waals surface area contributed by atoms with Gasteiger partial charge in [0, 0.05) is 36.6 Å². The second kappa shape index (κ2) is 18.3. The van der Waals surface area contributed by atoms with Gasteiger partial charge in [-0.2, -0.15) is 18.2 Å². The van der Waals surface area contributed by atoms with Crippen LogP contribution in [0.3, 0.4) is 0 Å². The van der Waals surface area contributed by atoms with Crippen LogP contribution in [0.25, 0.3) is 0 Å². The Bertz CT molecular complexity index is 1810. The number of amidine groups is 2. The van der Waals surface area contributed by atoms with E-state index in [0.717, 1.165) is 0 Å². The van der Waals surface area contributed by atoms with Crippen molar-refractivity contribution >= 4 is 53.0 Å². The van der Waals surface area contributed by atoms with Crippen molar-refractivity contribution in [2.75, 3.05) is 13.2 Å². The number of amides is 3. The Balaban J connectivity index is 1.59. The molecular weight excluding hydrogens is 758 g/mol. The zero-order valence-electron chi connectivity index (χ0n) is 30.5. The lowest BCUT2D eigenvalue weighted by atomic mass is 10.2. The quantitative estimate of drug-likeness (QED) is 0.0847. The van der Waals surface area contributed by atoms with E-state index in [-0.39, 0.29) is 78.0 Å². The maximum absolute atomic E-state index is 13.2. The molecule has 0 saturated heterocycles. The highest BCUT2D eigenvalue weighted by Crippen LogP contribution is 2.27. The fourth-order valence-corrected chi connectivity index (χ4v) is 4.90. The van der Waals surface area contributed by atoms with E-state index >= 15 is 0 Å². The number of alkyl carbamates (subject to hydrolysis) is 2. The lowest BCUT2D eigenvalue weighted by Crippen LogP contribution is -2.36. The summed E-state index contributed by atoms with van der Waals surface area (Å²) in [6.45, 7) is 10.6. The number of carbonyl (C=O) groups excluding carboxylic acids is 3. The standard InChI is InChI=1S/C35H42Cl2F3N7O7/c1-33(2,3)53-31(49)43-27(41)21-9-11-25(23(36)19-21)51-17-7-13-46-15-16-47(30(46)45-29(48)35(38,39)40)14-8-18-52-26-12-10-22(20-24(26)37)28(42)44-32(50)54-34(4,5)6/h9-12,15-16,19-20H,7-8,13-14,17-18H2,1-6H3,(H2,41,43,49)(H2,42,44,50). The zero-order chi connectivity index (χ0) is 40.4. The number of aromatic nitrogens is 2. The molecule has 3 amide bonds. The van der Waals surface area contributed by atoms with E-state index in [9.17, 15) is 27.6 Å². The van der Waals surface area contributed by atoms with E-state index in [4.69, 9.17) is 53.0 Å². The van der Waals surface area contributed by atoms with Gasteiger partial charge in [0.15, 0.2) is 0 Å². The lowest BCUT2D eigenvalue weighted by Gasteiger charge is -2.20. The van der Waals surface area contributed by atoms with Crippen molar-refractivity contribution in [3.8, 4) is 11.5 Å². The van der Waals surface area contributed by atoms with Gasteiger partial charge in [-0.05, 0) is 90.8 Å². The molecule has 3 rings (SSSR count). The minimum atomic E-state index is -5.18. The predicted molar refractivity (Wildman–Crippen MR) is 195 cm³/mol. The molecule has 294 valence electrons. The lowest BCUT2D eigenvalue weighted by molar-refractivity contribution is -0.169. The highest BCUT2D eigenvalue weighted by molar-refractivity contribution is 6.33. The minimum Gasteiger partial charge on any atom is -0.492 e. The summed E-state index contributed by atoms with van der Waals surface area (Å²) >= 11 is 12.7. The Labute approximate surface area is 319 Å². The molecule has 2 aromatic carbocycles. The van der Waals surface area contributed by atoms with Crippen molar-refractivity contribution in [1.29, 1.82) is 10.8 Å². The largest absolute Gasteiger partial charge is 0.492 e. The molecule has 1 heterocycles. The molecule has 0 aliphatic carbocycles. The number of carbonyl (C=O) groups is 3. The number of hydrogen-bond donors (Lipinski definition) is 4. The van der Waals surface area contributed by atoms with Gasteiger partial charge in [-0.15, -0.1) is 0 Å². The molecule has 1 aromatic heterocycles. The van der Waals surface area contributed by atoms with Gasteiger partial charge in [-0.3, -0.25) is 26.2 Å². The van der Waals surface area contributed by atoms with Crippen LogP contribution in [-0.2, 0) is 27.4 Å². The molecule has 0 aliphatic heterocycles. The highest BCUT2D eigenvalue weighted by Gasteiger charge is 2.38. The second-order valence-electron chi connectivity index (χ2n) is 13.6. The van der Waals surface area contributed by atoms with Gasteiger partial charge >= 0.3 is 24.3 Å². The van der Waals surface area contributed by atoms with E-state index in [2.05, 4.69) is 15.6 Å². The fourth-order valence-electron chi connectivity index (χ4n) is 4.43. The summed E-state index contributed by atoms with van der Waals surface area (Å²) in [6.07, 6.45) is -3.22. The number of benzene rings is 2. The monoisotopic (exact) mass is 799 g/mol. The van der Waals surface area contributed by atoms with Crippen LogP contribution < -0.4 is 25.7 Å². The third kappa shape index (κ3) is 14.1. The maximum Gasteiger partial charge on any atom is 0.473 e. The highest BCUT2D eigenvalue weighted by atomic mass is 35.5. The van der Waals surface area contributed by atoms with Crippen molar-refractivity contribution in [3.05, 3.63) is 75.6 Å². The summed E-state index contributed by atoms with van der Waals surface area (Å²) in [5.74, 6) is -2.19. The summed E-state index contributed by atoms with van der Waals surface area (Å²) in [5.41, 5.74) is -1.12. The van der Waals surface area contributed by atoms with Gasteiger partial charge < -0.3 is 28.1 Å². The van der Waals surface area contributed by atoms with Crippen LogP contribution in [-0.4, -0.2) is 69.5 Å². The number of halogens is 5. The van der Waals surface area contributed by atoms with E-state index in [1.807, 2.05) is 0 Å². The van der Waals surface area contributed by atoms with Crippen LogP contribution in [0.5, 0.6) is 11.5 Å². The van der Waals surface area contributed by atoms with Gasteiger partial charge in [-0.1, -0.05) is 23.2 Å². The van der Waals surface area contributed by atoms with Crippen LogP contribution in [0.2, 0.25) is 10.0 Å². The first-order valence-electron chi connectivity index (χ1n) is 16.5. The Morgan fingerprint density at radius 1 is 0.722 bits per heavy atom. The molecule has 14 nitrogen and oxygen atoms in total. The number of hydrogen-bond acceptors (Lipinski definition) is 9. The maximum atomic E-state index is 13.2. The smallest absolute Gasteiger partial charge is 0.473 e. The Kier molecular flexibility index (Phi) is 14.7. The first kappa shape index (κ1) is 43.4. The Hall–Kier alpha value is -5.03. The number of rotatable bonds is 12. The predicted octanol–water partition coefficient (Wildman–Crippen LogP) is 7.22. The number of alkyl halides is 3. The molecule has 4 N–H and O–H groups in total. The zero-order valence-corrected chi connectivity index (χ0v) is 32.0. The van der Waals surface area contributed by atoms with Crippen LogP contribution in [0, 0.1) is 10.8 Å². The Morgan fingerprint density at radius 2 is 1.11 bits per heavy atom. The summed E-state index contributed by atoms with van der Waals surface area (Å²) in [4.78, 5) is 39.2. The van der Waals surface area contributed by atoms with Gasteiger partial charge in [0.2, 0.25) is 5.62 Å². The van der Waals surface area contributed by atoms with E-state index < -0.39 is 35.5 Å². The molecule has 54 heavy (non-hydrogen) atoms. The topological polar surface area (TPSA) is 182 Å². The van der Waals surface area contributed by atoms with Crippen molar-refractivity contribution in [1.82, 2.24) is 19.8 Å². The van der Waals surface area contributed by atoms with Crippen molar-refractivity contribution in [2.45, 2.75) is 84.9 Å². The van der Waals surface area contributed by atoms with Crippen LogP contribution in [0.4, 0.5) is 22.8 Å². The molecule has 19 heteroatoms. The molecule has 0 radical (unpaired) electrons. The SMILES string of the molecule is CC(C)(C)OC(=O)NC(=N)c1ccc(OCCCn2ccn(CCCOc3ccc(C(=N)NC(=O)OC(C)(C)C)cc3Cl)c2=NC(=O)C(F)(F)F)c(Cl)c1. The number of ether oxygens (including phenoxy) is 4. The average Bonchev–Trinajstić information content (AvgIpc) is 3.40. The van der Waals surface area contributed by atoms with Crippen molar-refractivity contribution < 1.29 is 46.5 Å². The summed E-state index contributed by atoms with van der Waals surface area (Å²) < 4.78 is 64.0. The van der Waals surface area contributed by atoms with Gasteiger partial charge in [0.25, 0.3) is 0 Å². The number of aryl methyl sites for hydroxylation is 2. The molecule has 0 fully saturated rings. The number of nitrogens with one attached hydrogen (secondary N) is 4. The summed E-state index contributed by atoms with van der Waals surface area (Å²) in [7, 11) is 0. The summed E-state index contributed by atoms with van der Waals surface area (Å²) in [5, 5.41) is 21.2. The molecule has 0 unspecified atom stereocenters. The van der Waals surface area contributed by atoms with E-state index in [1.165, 1.54) is 57.9 Å². The molecular formula is C35H42Cl2F3N7O7. The van der Waals surface area contributed by atoms with E-state index in [1.54, 1.807) is 41.5 Å². The molecule has 0 spiro atoms. The third-order valence-electron chi connectivity index (χ3n) is 6.68. The van der Waals surface area contributed by atoms with Gasteiger partial charge in [0.05, 0.1) is 23.3 Å². The Morgan fingerprint density at radius 3 is 1.44 bits per heavy atom. The van der Waals surface area contributed by atoms with Crippen LogP contribution in [0.1, 0.15) is 65.5 Å². The summed E-state index contributed by atoms with van der Waals surface area (Å²) in [6, 6.07) is 8.90. The van der Waals surface area contributed by atoms with Gasteiger partial charge in [-0.25, -0.2) is 9.59 Å². The second-order valence-corrected chi connectivity index (χ2v) is 14.4. The molecule has 0 saturated carbocycles. The average molecular weight is 801 g/mol. The van der Waals surface area contributed by atoms with Gasteiger partial charge in [0.1, 0.15) is 34.4 Å². The van der Waals surface area contributed by atoms with Crippen molar-refractivity contribution in [3.63, 3.8) is 0 Å². The third-order valence-corrected chi connectivity index (χ3v) is 7.27.